The summed E-state index contributed by atoms with van der Waals surface area (Å²) in [5, 5.41) is 4.21. The third kappa shape index (κ3) is 3.40. The molecule has 1 heterocycles. The molecule has 90 valence electrons. The highest BCUT2D eigenvalue weighted by Gasteiger charge is 2.26. The predicted molar refractivity (Wildman–Crippen MR) is 71.9 cm³/mol. The van der Waals surface area contributed by atoms with Crippen LogP contribution in [0.3, 0.4) is 0 Å². The fraction of sp³-hybridized carbons (Fsp3) is 0.600. The maximum atomic E-state index is 5.95. The molecule has 0 aliphatic carbocycles. The molecule has 1 rings (SSSR count). The average Bonchev–Trinajstić information content (AvgIpc) is 2.36. The van der Waals surface area contributed by atoms with Crippen LogP contribution in [0, 0.1) is 0 Å². The topological polar surface area (TPSA) is 37.8 Å². The maximum absolute atomic E-state index is 5.95. The molecule has 0 saturated heterocycles. The van der Waals surface area contributed by atoms with E-state index >= 15 is 0 Å². The minimum Gasteiger partial charge on any atom is -0.362 e. The summed E-state index contributed by atoms with van der Waals surface area (Å²) in [4.78, 5) is 8.27. The van der Waals surface area contributed by atoms with Crippen LogP contribution in [0.5, 0.6) is 0 Å². The third-order valence-electron chi connectivity index (χ3n) is 2.43. The molecule has 0 aromatic carbocycles. The Labute approximate surface area is 110 Å². The number of hydrogen-bond donors (Lipinski definition) is 1. The van der Waals surface area contributed by atoms with Crippen LogP contribution in [0.15, 0.2) is 17.4 Å². The SMILES string of the molecule is CCC(CCl)(CCl)Nc1cc(SC)ncn1. The molecule has 1 aromatic rings. The summed E-state index contributed by atoms with van der Waals surface area (Å²) in [5.74, 6) is 1.67. The van der Waals surface area contributed by atoms with Gasteiger partial charge >= 0.3 is 0 Å². The van der Waals surface area contributed by atoms with Gasteiger partial charge in [-0.15, -0.1) is 35.0 Å². The van der Waals surface area contributed by atoms with Crippen molar-refractivity contribution in [3.63, 3.8) is 0 Å². The van der Waals surface area contributed by atoms with Crippen LogP contribution in [0.1, 0.15) is 13.3 Å². The zero-order chi connectivity index (χ0) is 12.0. The molecule has 0 unspecified atom stereocenters. The van der Waals surface area contributed by atoms with Gasteiger partial charge in [-0.2, -0.15) is 0 Å². The lowest BCUT2D eigenvalue weighted by molar-refractivity contribution is 0.557. The monoisotopic (exact) mass is 279 g/mol. The number of halogens is 2. The molecule has 1 aromatic heterocycles. The molecule has 0 atom stereocenters. The molecular formula is C10H15Cl2N3S. The molecule has 0 aliphatic heterocycles. The van der Waals surface area contributed by atoms with E-state index in [1.165, 1.54) is 6.33 Å². The van der Waals surface area contributed by atoms with Crippen molar-refractivity contribution in [3.8, 4) is 0 Å². The summed E-state index contributed by atoms with van der Waals surface area (Å²) in [6.45, 7) is 2.05. The summed E-state index contributed by atoms with van der Waals surface area (Å²) in [6, 6.07) is 1.90. The maximum Gasteiger partial charge on any atom is 0.130 e. The van der Waals surface area contributed by atoms with Crippen molar-refractivity contribution in [1.29, 1.82) is 0 Å². The average molecular weight is 280 g/mol. The highest BCUT2D eigenvalue weighted by atomic mass is 35.5. The van der Waals surface area contributed by atoms with E-state index in [9.17, 15) is 0 Å². The van der Waals surface area contributed by atoms with Gasteiger partial charge < -0.3 is 5.32 Å². The highest BCUT2D eigenvalue weighted by molar-refractivity contribution is 7.98. The Morgan fingerprint density at radius 1 is 1.38 bits per heavy atom. The van der Waals surface area contributed by atoms with Crippen LogP contribution in [0.25, 0.3) is 0 Å². The molecular weight excluding hydrogens is 265 g/mol. The zero-order valence-electron chi connectivity index (χ0n) is 9.33. The number of hydrogen-bond acceptors (Lipinski definition) is 4. The number of aromatic nitrogens is 2. The second-order valence-corrected chi connectivity index (χ2v) is 4.83. The smallest absolute Gasteiger partial charge is 0.130 e. The van der Waals surface area contributed by atoms with Crippen molar-refractivity contribution in [1.82, 2.24) is 9.97 Å². The Morgan fingerprint density at radius 3 is 2.56 bits per heavy atom. The Balaban J connectivity index is 2.84. The first-order chi connectivity index (χ1) is 7.69. The number of nitrogens with one attached hydrogen (secondary N) is 1. The van der Waals surface area contributed by atoms with Crippen LogP contribution in [-0.4, -0.2) is 33.5 Å². The molecule has 0 spiro atoms. The standard InChI is InChI=1S/C10H15Cl2N3S/c1-3-10(5-11,6-12)15-8-4-9(16-2)14-7-13-8/h4,7H,3,5-6H2,1-2H3,(H,13,14,15). The van der Waals surface area contributed by atoms with E-state index in [0.29, 0.717) is 11.8 Å². The summed E-state index contributed by atoms with van der Waals surface area (Å²) in [7, 11) is 0. The summed E-state index contributed by atoms with van der Waals surface area (Å²) in [6.07, 6.45) is 4.36. The minimum absolute atomic E-state index is 0.298. The lowest BCUT2D eigenvalue weighted by Gasteiger charge is -2.30. The van der Waals surface area contributed by atoms with Crippen LogP contribution in [-0.2, 0) is 0 Å². The number of alkyl halides is 2. The van der Waals surface area contributed by atoms with Crippen molar-refractivity contribution in [2.75, 3.05) is 23.3 Å². The zero-order valence-corrected chi connectivity index (χ0v) is 11.7. The Bertz CT molecular complexity index is 323. The summed E-state index contributed by atoms with van der Waals surface area (Å²) in [5.41, 5.74) is -0.298. The van der Waals surface area contributed by atoms with Gasteiger partial charge in [0.2, 0.25) is 0 Å². The molecule has 16 heavy (non-hydrogen) atoms. The van der Waals surface area contributed by atoms with Gasteiger partial charge in [0.15, 0.2) is 0 Å². The van der Waals surface area contributed by atoms with Gasteiger partial charge in [-0.25, -0.2) is 9.97 Å². The molecule has 0 amide bonds. The van der Waals surface area contributed by atoms with Gasteiger partial charge in [0.05, 0.1) is 5.54 Å². The molecule has 0 radical (unpaired) electrons. The van der Waals surface area contributed by atoms with Crippen LogP contribution >= 0.6 is 35.0 Å². The van der Waals surface area contributed by atoms with Gasteiger partial charge in [0.25, 0.3) is 0 Å². The van der Waals surface area contributed by atoms with Gasteiger partial charge in [0, 0.05) is 17.8 Å². The summed E-state index contributed by atoms with van der Waals surface area (Å²) >= 11 is 13.5. The Hall–Kier alpha value is -0.190. The minimum atomic E-state index is -0.298. The van der Waals surface area contributed by atoms with Crippen molar-refractivity contribution < 1.29 is 0 Å². The van der Waals surface area contributed by atoms with Crippen LogP contribution in [0.2, 0.25) is 0 Å². The second kappa shape index (κ2) is 6.52. The quantitative estimate of drug-likeness (QED) is 0.493. The van der Waals surface area contributed by atoms with E-state index in [-0.39, 0.29) is 5.54 Å². The first kappa shape index (κ1) is 13.9. The van der Waals surface area contributed by atoms with Crippen molar-refractivity contribution in [3.05, 3.63) is 12.4 Å². The van der Waals surface area contributed by atoms with Crippen molar-refractivity contribution in [2.24, 2.45) is 0 Å². The van der Waals surface area contributed by atoms with Gasteiger partial charge in [0.1, 0.15) is 17.2 Å². The second-order valence-electron chi connectivity index (χ2n) is 3.47. The molecule has 0 fully saturated rings. The normalized spacial score (nSPS) is 11.5. The molecule has 6 heteroatoms. The fourth-order valence-electron chi connectivity index (χ4n) is 1.17. The number of rotatable bonds is 6. The predicted octanol–water partition coefficient (Wildman–Crippen LogP) is 3.24. The molecule has 3 nitrogen and oxygen atoms in total. The fourth-order valence-corrected chi connectivity index (χ4v) is 2.35. The van der Waals surface area contributed by atoms with Crippen molar-refractivity contribution >= 4 is 40.8 Å². The van der Waals surface area contributed by atoms with Gasteiger partial charge in [-0.05, 0) is 12.7 Å². The lowest BCUT2D eigenvalue weighted by atomic mass is 10.0. The van der Waals surface area contributed by atoms with E-state index in [1.54, 1.807) is 11.8 Å². The van der Waals surface area contributed by atoms with E-state index in [1.807, 2.05) is 12.3 Å². The van der Waals surface area contributed by atoms with Gasteiger partial charge in [-0.3, -0.25) is 0 Å². The highest BCUT2D eigenvalue weighted by Crippen LogP contribution is 2.22. The number of thioether (sulfide) groups is 1. The lowest BCUT2D eigenvalue weighted by Crippen LogP contribution is -2.42. The molecule has 0 aliphatic rings. The van der Waals surface area contributed by atoms with E-state index in [4.69, 9.17) is 23.2 Å². The largest absolute Gasteiger partial charge is 0.362 e. The Kier molecular flexibility index (Phi) is 5.66. The van der Waals surface area contributed by atoms with E-state index < -0.39 is 0 Å². The summed E-state index contributed by atoms with van der Waals surface area (Å²) < 4.78 is 0. The van der Waals surface area contributed by atoms with Gasteiger partial charge in [-0.1, -0.05) is 6.92 Å². The van der Waals surface area contributed by atoms with E-state index in [0.717, 1.165) is 17.3 Å². The van der Waals surface area contributed by atoms with Crippen molar-refractivity contribution in [2.45, 2.75) is 23.9 Å². The molecule has 1 N–H and O–H groups in total. The third-order valence-corrected chi connectivity index (χ3v) is 4.10. The first-order valence-electron chi connectivity index (χ1n) is 4.96. The first-order valence-corrected chi connectivity index (χ1v) is 7.25. The van der Waals surface area contributed by atoms with Crippen LogP contribution in [0.4, 0.5) is 5.82 Å². The number of nitrogens with zero attached hydrogens (tertiary/aromatic N) is 2. The van der Waals surface area contributed by atoms with Crippen LogP contribution < -0.4 is 5.32 Å². The number of anilines is 1. The van der Waals surface area contributed by atoms with E-state index in [2.05, 4.69) is 22.2 Å². The molecule has 0 bridgehead atoms. The Morgan fingerprint density at radius 2 is 2.06 bits per heavy atom. The molecule has 0 saturated carbocycles.